The Morgan fingerprint density at radius 2 is 1.68 bits per heavy atom. The van der Waals surface area contributed by atoms with Gasteiger partial charge in [0.15, 0.2) is 6.10 Å². The molecule has 2 aromatic carbocycles. The van der Waals surface area contributed by atoms with Gasteiger partial charge in [0.1, 0.15) is 18.1 Å². The summed E-state index contributed by atoms with van der Waals surface area (Å²) in [5.41, 5.74) is 0.222. The van der Waals surface area contributed by atoms with E-state index < -0.39 is 18.7 Å². The first-order chi connectivity index (χ1) is 11.8. The lowest BCUT2D eigenvalue weighted by atomic mass is 10.2. The predicted molar refractivity (Wildman–Crippen MR) is 89.4 cm³/mol. The molecule has 0 fully saturated rings. The number of carbonyl (C=O) groups is 1. The Balaban J connectivity index is 1.96. The highest BCUT2D eigenvalue weighted by molar-refractivity contribution is 6.30. The first-order valence-corrected chi connectivity index (χ1v) is 7.93. The monoisotopic (exact) mass is 390 g/mol. The summed E-state index contributed by atoms with van der Waals surface area (Å²) in [5.74, 6) is -0.338. The molecule has 0 radical (unpaired) electrons. The van der Waals surface area contributed by atoms with Crippen LogP contribution >= 0.6 is 23.2 Å². The number of ether oxygens (including phenoxy) is 3. The van der Waals surface area contributed by atoms with Gasteiger partial charge in [0.25, 0.3) is 0 Å². The molecule has 1 atom stereocenters. The summed E-state index contributed by atoms with van der Waals surface area (Å²) < 4.78 is 39.7. The summed E-state index contributed by atoms with van der Waals surface area (Å²) >= 11 is 11.6. The van der Waals surface area contributed by atoms with Gasteiger partial charge in [0.05, 0.1) is 0 Å². The molecule has 0 unspecified atom stereocenters. The van der Waals surface area contributed by atoms with Gasteiger partial charge in [-0.1, -0.05) is 23.2 Å². The van der Waals surface area contributed by atoms with Crippen molar-refractivity contribution in [3.8, 4) is 11.5 Å². The second kappa shape index (κ2) is 8.87. The van der Waals surface area contributed by atoms with Gasteiger partial charge in [-0.05, 0) is 49.4 Å². The van der Waals surface area contributed by atoms with Crippen molar-refractivity contribution in [3.05, 3.63) is 58.1 Å². The van der Waals surface area contributed by atoms with Gasteiger partial charge in [0, 0.05) is 15.6 Å². The maximum Gasteiger partial charge on any atom is 0.387 e. The van der Waals surface area contributed by atoms with Gasteiger partial charge in [-0.3, -0.25) is 0 Å². The lowest BCUT2D eigenvalue weighted by Crippen LogP contribution is -2.26. The number of rotatable bonds is 7. The minimum atomic E-state index is -3.00. The molecule has 8 heteroatoms. The number of carbonyl (C=O) groups excluding carboxylic acids is 1. The highest BCUT2D eigenvalue weighted by Crippen LogP contribution is 2.25. The van der Waals surface area contributed by atoms with Crippen LogP contribution in [0, 0.1) is 0 Å². The Hall–Kier alpha value is -2.05. The Kier molecular flexibility index (Phi) is 6.84. The Morgan fingerprint density at radius 1 is 1.04 bits per heavy atom. The summed E-state index contributed by atoms with van der Waals surface area (Å²) in [6.07, 6.45) is -0.903. The SMILES string of the molecule is C[C@H](Oc1ccc(Cl)cc1)C(=O)OCc1cc(Cl)ccc1OC(F)F. The highest BCUT2D eigenvalue weighted by Gasteiger charge is 2.18. The fourth-order valence-corrected chi connectivity index (χ4v) is 2.22. The van der Waals surface area contributed by atoms with Crippen LogP contribution < -0.4 is 9.47 Å². The summed E-state index contributed by atoms with van der Waals surface area (Å²) in [4.78, 5) is 12.0. The largest absolute Gasteiger partial charge is 0.479 e. The van der Waals surface area contributed by atoms with Crippen molar-refractivity contribution in [1.82, 2.24) is 0 Å². The number of alkyl halides is 2. The number of hydrogen-bond acceptors (Lipinski definition) is 4. The third-order valence-electron chi connectivity index (χ3n) is 3.07. The first-order valence-electron chi connectivity index (χ1n) is 7.17. The smallest absolute Gasteiger partial charge is 0.387 e. The standard InChI is InChI=1S/C17H14Cl2F2O4/c1-10(24-14-5-2-12(18)3-6-14)16(22)23-9-11-8-13(19)4-7-15(11)25-17(20)21/h2-8,10,17H,9H2,1H3/t10-/m0/s1. The van der Waals surface area contributed by atoms with Gasteiger partial charge in [-0.2, -0.15) is 8.78 Å². The quantitative estimate of drug-likeness (QED) is 0.616. The van der Waals surface area contributed by atoms with Crippen molar-refractivity contribution in [2.75, 3.05) is 0 Å². The van der Waals surface area contributed by atoms with Crippen LogP contribution in [0.3, 0.4) is 0 Å². The molecule has 0 heterocycles. The number of hydrogen-bond donors (Lipinski definition) is 0. The van der Waals surface area contributed by atoms with Crippen molar-refractivity contribution >= 4 is 29.2 Å². The minimum absolute atomic E-state index is 0.113. The zero-order valence-electron chi connectivity index (χ0n) is 13.0. The average Bonchev–Trinajstić information content (AvgIpc) is 2.56. The van der Waals surface area contributed by atoms with Gasteiger partial charge in [-0.25, -0.2) is 4.79 Å². The van der Waals surface area contributed by atoms with E-state index in [-0.39, 0.29) is 17.9 Å². The third kappa shape index (κ3) is 6.07. The van der Waals surface area contributed by atoms with E-state index in [1.54, 1.807) is 24.3 Å². The molecule has 4 nitrogen and oxygen atoms in total. The molecule has 0 saturated carbocycles. The number of benzene rings is 2. The molecular formula is C17H14Cl2F2O4. The van der Waals surface area contributed by atoms with E-state index in [1.165, 1.54) is 25.1 Å². The minimum Gasteiger partial charge on any atom is -0.479 e. The van der Waals surface area contributed by atoms with Crippen LogP contribution in [0.15, 0.2) is 42.5 Å². The van der Waals surface area contributed by atoms with Crippen LogP contribution in [-0.2, 0) is 16.1 Å². The van der Waals surface area contributed by atoms with Crippen LogP contribution in [0.5, 0.6) is 11.5 Å². The summed E-state index contributed by atoms with van der Waals surface area (Å²) in [5, 5.41) is 0.841. The van der Waals surface area contributed by atoms with Gasteiger partial charge < -0.3 is 14.2 Å². The lowest BCUT2D eigenvalue weighted by Gasteiger charge is -2.15. The zero-order valence-corrected chi connectivity index (χ0v) is 14.6. The zero-order chi connectivity index (χ0) is 18.4. The van der Waals surface area contributed by atoms with E-state index in [0.717, 1.165) is 0 Å². The molecule has 0 N–H and O–H groups in total. The predicted octanol–water partition coefficient (Wildman–Crippen LogP) is 5.11. The molecule has 134 valence electrons. The van der Waals surface area contributed by atoms with Crippen LogP contribution in [0.1, 0.15) is 12.5 Å². The lowest BCUT2D eigenvalue weighted by molar-refractivity contribution is -0.152. The molecule has 0 bridgehead atoms. The molecule has 0 aromatic heterocycles. The van der Waals surface area contributed by atoms with Crippen LogP contribution in [0.2, 0.25) is 10.0 Å². The second-order valence-electron chi connectivity index (χ2n) is 4.95. The Morgan fingerprint density at radius 3 is 2.32 bits per heavy atom. The molecule has 0 aliphatic rings. The molecule has 2 aromatic rings. The number of esters is 1. The summed E-state index contributed by atoms with van der Waals surface area (Å²) in [6.45, 7) is -1.77. The first kappa shape index (κ1) is 19.3. The second-order valence-corrected chi connectivity index (χ2v) is 5.83. The van der Waals surface area contributed by atoms with Crippen molar-refractivity contribution in [2.45, 2.75) is 26.2 Å². The van der Waals surface area contributed by atoms with E-state index in [2.05, 4.69) is 4.74 Å². The highest BCUT2D eigenvalue weighted by atomic mass is 35.5. The van der Waals surface area contributed by atoms with Gasteiger partial charge in [0.2, 0.25) is 0 Å². The molecule has 25 heavy (non-hydrogen) atoms. The van der Waals surface area contributed by atoms with Gasteiger partial charge >= 0.3 is 12.6 Å². The number of halogens is 4. The summed E-state index contributed by atoms with van der Waals surface area (Å²) in [6, 6.07) is 10.5. The molecular weight excluding hydrogens is 377 g/mol. The molecule has 0 amide bonds. The topological polar surface area (TPSA) is 44.8 Å². The van der Waals surface area contributed by atoms with Crippen molar-refractivity contribution < 1.29 is 27.8 Å². The van der Waals surface area contributed by atoms with E-state index in [4.69, 9.17) is 32.7 Å². The van der Waals surface area contributed by atoms with E-state index in [1.807, 2.05) is 0 Å². The van der Waals surface area contributed by atoms with Gasteiger partial charge in [-0.15, -0.1) is 0 Å². The van der Waals surface area contributed by atoms with E-state index in [9.17, 15) is 13.6 Å². The molecule has 0 saturated heterocycles. The Bertz CT molecular complexity index is 723. The molecule has 2 rings (SSSR count). The normalized spacial score (nSPS) is 11.9. The molecule has 0 spiro atoms. The van der Waals surface area contributed by atoms with Crippen molar-refractivity contribution in [3.63, 3.8) is 0 Å². The molecule has 0 aliphatic carbocycles. The van der Waals surface area contributed by atoms with Crippen molar-refractivity contribution in [2.24, 2.45) is 0 Å². The average molecular weight is 391 g/mol. The maximum atomic E-state index is 12.4. The maximum absolute atomic E-state index is 12.4. The van der Waals surface area contributed by atoms with Crippen LogP contribution in [0.4, 0.5) is 8.78 Å². The van der Waals surface area contributed by atoms with Crippen LogP contribution in [-0.4, -0.2) is 18.7 Å². The fraction of sp³-hybridized carbons (Fsp3) is 0.235. The summed E-state index contributed by atoms with van der Waals surface area (Å²) in [7, 11) is 0. The third-order valence-corrected chi connectivity index (χ3v) is 3.55. The van der Waals surface area contributed by atoms with Crippen molar-refractivity contribution in [1.29, 1.82) is 0 Å². The molecule has 0 aliphatic heterocycles. The van der Waals surface area contributed by atoms with Crippen LogP contribution in [0.25, 0.3) is 0 Å². The fourth-order valence-electron chi connectivity index (χ4n) is 1.90. The van der Waals surface area contributed by atoms with E-state index in [0.29, 0.717) is 15.8 Å². The Labute approximate surface area is 153 Å². The van der Waals surface area contributed by atoms with E-state index >= 15 is 0 Å².